The van der Waals surface area contributed by atoms with Crippen molar-refractivity contribution >= 4 is 45.1 Å². The lowest BCUT2D eigenvalue weighted by Gasteiger charge is -2.34. The second-order valence-electron chi connectivity index (χ2n) is 8.44. The maximum absolute atomic E-state index is 13.8. The van der Waals surface area contributed by atoms with Crippen LogP contribution in [-0.4, -0.2) is 35.5 Å². The molecule has 1 aromatic heterocycles. The van der Waals surface area contributed by atoms with E-state index >= 15 is 0 Å². The van der Waals surface area contributed by atoms with E-state index in [0.29, 0.717) is 4.57 Å². The second-order valence-corrected chi connectivity index (χ2v) is 9.62. The molecular formula is C22H20BrClF9N3O4. The molecule has 40 heavy (non-hydrogen) atoms. The zero-order valence-corrected chi connectivity index (χ0v) is 23.2. The molecule has 0 aliphatic heterocycles. The fourth-order valence-corrected chi connectivity index (χ4v) is 4.33. The fraction of sp³-hybridized carbons (Fsp3) is 0.500. The second kappa shape index (κ2) is 12.1. The molecule has 1 aromatic carbocycles. The van der Waals surface area contributed by atoms with E-state index in [1.165, 1.54) is 20.8 Å². The van der Waals surface area contributed by atoms with Crippen LogP contribution in [0.15, 0.2) is 21.4 Å². The van der Waals surface area contributed by atoms with Crippen LogP contribution < -0.4 is 10.5 Å². The summed E-state index contributed by atoms with van der Waals surface area (Å²) in [6.45, 7) is 3.44. The Morgan fingerprint density at radius 2 is 1.65 bits per heavy atom. The van der Waals surface area contributed by atoms with E-state index in [1.807, 2.05) is 0 Å². The summed E-state index contributed by atoms with van der Waals surface area (Å²) in [5.74, 6) is -3.17. The van der Waals surface area contributed by atoms with E-state index in [0.717, 1.165) is 7.11 Å². The lowest BCUT2D eigenvalue weighted by atomic mass is 10.1. The number of carbonyl (C=O) groups excluding carboxylic acids is 1. The van der Waals surface area contributed by atoms with Crippen molar-refractivity contribution in [1.29, 1.82) is 0 Å². The van der Waals surface area contributed by atoms with E-state index in [1.54, 1.807) is 0 Å². The first-order chi connectivity index (χ1) is 18.2. The Kier molecular flexibility index (Phi) is 10.2. The number of anilines is 2. The van der Waals surface area contributed by atoms with Gasteiger partial charge in [-0.2, -0.15) is 39.5 Å². The van der Waals surface area contributed by atoms with Crippen LogP contribution in [0, 0.1) is 5.92 Å². The smallest absolute Gasteiger partial charge is 0.435 e. The quantitative estimate of drug-likeness (QED) is 0.170. The number of nitrogens with zero attached hydrogens (tertiary/aromatic N) is 3. The number of methoxy groups -OCH3 is 1. The molecule has 2 rings (SSSR count). The van der Waals surface area contributed by atoms with Gasteiger partial charge in [0.1, 0.15) is 5.02 Å². The number of ether oxygens (including phenoxy) is 2. The molecule has 7 nitrogen and oxygen atoms in total. The van der Waals surface area contributed by atoms with Crippen molar-refractivity contribution in [3.63, 3.8) is 0 Å². The third-order valence-corrected chi connectivity index (χ3v) is 6.19. The summed E-state index contributed by atoms with van der Waals surface area (Å²) >= 11 is 8.22. The lowest BCUT2D eigenvalue weighted by molar-refractivity contribution is -0.154. The number of hydrogen-bond acceptors (Lipinski definition) is 6. The fourth-order valence-electron chi connectivity index (χ4n) is 3.44. The highest BCUT2D eigenvalue weighted by Gasteiger charge is 2.44. The first-order valence-electron chi connectivity index (χ1n) is 11.0. The third kappa shape index (κ3) is 7.21. The van der Waals surface area contributed by atoms with Crippen LogP contribution in [0.25, 0.3) is 0 Å². The Morgan fingerprint density at radius 3 is 2.08 bits per heavy atom. The average molecular weight is 677 g/mol. The van der Waals surface area contributed by atoms with Crippen LogP contribution in [0.5, 0.6) is 0 Å². The van der Waals surface area contributed by atoms with Gasteiger partial charge in [-0.15, -0.1) is 0 Å². The predicted octanol–water partition coefficient (Wildman–Crippen LogP) is 7.05. The standard InChI is InChI=1S/C22H20BrClF9N3O4/c1-5-40-18(38)17(39-4)36(12-7-10(20(25,26)27)6-11(13(12)23)21(28,29)30)19-34-15(22(31,32)33)14(24)16(37)35(19)8-9(2)3/h6-7,9,17H,5,8H2,1-4H3. The number of carbonyl (C=O) groups is 1. The van der Waals surface area contributed by atoms with Gasteiger partial charge in [0.15, 0.2) is 5.69 Å². The van der Waals surface area contributed by atoms with Gasteiger partial charge in [0, 0.05) is 13.7 Å². The molecule has 0 N–H and O–H groups in total. The van der Waals surface area contributed by atoms with Gasteiger partial charge in [0.05, 0.1) is 27.9 Å². The molecule has 0 bridgehead atoms. The number of rotatable bonds is 8. The van der Waals surface area contributed by atoms with Crippen LogP contribution in [0.4, 0.5) is 51.1 Å². The summed E-state index contributed by atoms with van der Waals surface area (Å²) in [5, 5.41) is -1.42. The van der Waals surface area contributed by atoms with Crippen molar-refractivity contribution in [2.45, 2.75) is 52.1 Å². The Bertz CT molecular complexity index is 1310. The molecule has 0 radical (unpaired) electrons. The molecule has 1 heterocycles. The molecule has 224 valence electrons. The van der Waals surface area contributed by atoms with Gasteiger partial charge in [-0.3, -0.25) is 14.3 Å². The normalized spacial score (nSPS) is 13.5. The minimum absolute atomic E-state index is 0.123. The highest BCUT2D eigenvalue weighted by Crippen LogP contribution is 2.46. The van der Waals surface area contributed by atoms with Gasteiger partial charge in [-0.05, 0) is 40.9 Å². The average Bonchev–Trinajstić information content (AvgIpc) is 2.79. The maximum Gasteiger partial charge on any atom is 0.435 e. The maximum atomic E-state index is 13.8. The minimum Gasteiger partial charge on any atom is -0.463 e. The zero-order valence-electron chi connectivity index (χ0n) is 20.9. The predicted molar refractivity (Wildman–Crippen MR) is 127 cm³/mol. The van der Waals surface area contributed by atoms with Crippen molar-refractivity contribution in [3.8, 4) is 0 Å². The number of alkyl halides is 9. The van der Waals surface area contributed by atoms with Crippen molar-refractivity contribution < 1.29 is 53.8 Å². The molecule has 1 atom stereocenters. The molecule has 0 aliphatic carbocycles. The Labute approximate surface area is 233 Å². The molecule has 18 heteroatoms. The van der Waals surface area contributed by atoms with Crippen molar-refractivity contribution in [2.24, 2.45) is 5.92 Å². The first-order valence-corrected chi connectivity index (χ1v) is 12.2. The monoisotopic (exact) mass is 675 g/mol. The van der Waals surface area contributed by atoms with Gasteiger partial charge >= 0.3 is 24.5 Å². The van der Waals surface area contributed by atoms with Gasteiger partial charge in [-0.1, -0.05) is 25.4 Å². The summed E-state index contributed by atoms with van der Waals surface area (Å²) in [6, 6.07) is -0.117. The number of esters is 1. The van der Waals surface area contributed by atoms with Crippen LogP contribution in [0.1, 0.15) is 37.6 Å². The molecule has 0 saturated carbocycles. The number of hydrogen-bond donors (Lipinski definition) is 0. The molecule has 2 aromatic rings. The number of halogens is 11. The summed E-state index contributed by atoms with van der Waals surface area (Å²) in [6.07, 6.45) is -18.5. The van der Waals surface area contributed by atoms with Gasteiger partial charge in [-0.25, -0.2) is 9.78 Å². The Morgan fingerprint density at radius 1 is 1.07 bits per heavy atom. The zero-order chi connectivity index (χ0) is 31.0. The molecule has 1 unspecified atom stereocenters. The molecule has 0 fully saturated rings. The molecule has 0 amide bonds. The molecule has 0 spiro atoms. The van der Waals surface area contributed by atoms with E-state index in [9.17, 15) is 49.1 Å². The van der Waals surface area contributed by atoms with Crippen molar-refractivity contribution in [2.75, 3.05) is 18.6 Å². The Balaban J connectivity index is 3.24. The van der Waals surface area contributed by atoms with E-state index in [-0.39, 0.29) is 23.6 Å². The lowest BCUT2D eigenvalue weighted by Crippen LogP contribution is -2.45. The van der Waals surface area contributed by atoms with Crippen LogP contribution in [-0.2, 0) is 39.3 Å². The van der Waals surface area contributed by atoms with Crippen molar-refractivity contribution in [1.82, 2.24) is 9.55 Å². The minimum atomic E-state index is -5.42. The highest BCUT2D eigenvalue weighted by atomic mass is 79.9. The number of benzene rings is 1. The third-order valence-electron chi connectivity index (χ3n) is 5.02. The van der Waals surface area contributed by atoms with E-state index in [4.69, 9.17) is 21.1 Å². The van der Waals surface area contributed by atoms with E-state index < -0.39 is 86.7 Å². The summed E-state index contributed by atoms with van der Waals surface area (Å²) < 4.78 is 133. The Hall–Kier alpha value is -2.53. The van der Waals surface area contributed by atoms with Gasteiger partial charge in [0.2, 0.25) is 12.2 Å². The summed E-state index contributed by atoms with van der Waals surface area (Å²) in [4.78, 5) is 29.3. The van der Waals surface area contributed by atoms with Gasteiger partial charge < -0.3 is 9.47 Å². The SMILES string of the molecule is CCOC(=O)C(OC)N(c1cc(C(F)(F)F)cc(C(F)(F)F)c1Br)c1nc(C(F)(F)F)c(Cl)c(=O)n1CC(C)C. The topological polar surface area (TPSA) is 73.7 Å². The first kappa shape index (κ1) is 33.7. The van der Waals surface area contributed by atoms with E-state index in [2.05, 4.69) is 20.9 Å². The molecular weight excluding hydrogens is 657 g/mol. The van der Waals surface area contributed by atoms with Gasteiger partial charge in [0.25, 0.3) is 5.56 Å². The number of aromatic nitrogens is 2. The molecule has 0 aliphatic rings. The largest absolute Gasteiger partial charge is 0.463 e. The molecule has 0 saturated heterocycles. The van der Waals surface area contributed by atoms with Crippen LogP contribution in [0.2, 0.25) is 5.02 Å². The van der Waals surface area contributed by atoms with Crippen LogP contribution >= 0.6 is 27.5 Å². The highest BCUT2D eigenvalue weighted by molar-refractivity contribution is 9.10. The summed E-state index contributed by atoms with van der Waals surface area (Å²) in [7, 11) is 0.784. The van der Waals surface area contributed by atoms with Crippen LogP contribution in [0.3, 0.4) is 0 Å². The van der Waals surface area contributed by atoms with Crippen molar-refractivity contribution in [3.05, 3.63) is 48.8 Å². The summed E-state index contributed by atoms with van der Waals surface area (Å²) in [5.41, 5.74) is -8.48.